The number of rotatable bonds is 4. The van der Waals surface area contributed by atoms with Crippen LogP contribution in [0.3, 0.4) is 0 Å². The van der Waals surface area contributed by atoms with Crippen molar-refractivity contribution in [1.29, 1.82) is 5.26 Å². The number of unbranched alkanes of at least 4 members (excludes halogenated alkanes) is 1. The van der Waals surface area contributed by atoms with Gasteiger partial charge in [0.2, 0.25) is 0 Å². The van der Waals surface area contributed by atoms with Crippen LogP contribution in [0.25, 0.3) is 0 Å². The molecule has 1 aromatic rings. The zero-order valence-electron chi connectivity index (χ0n) is 7.66. The molecule has 0 aliphatic carbocycles. The Labute approximate surface area is 82.0 Å². The van der Waals surface area contributed by atoms with Crippen molar-refractivity contribution < 1.29 is 9.18 Å². The zero-order valence-corrected chi connectivity index (χ0v) is 7.66. The maximum absolute atomic E-state index is 12.5. The average Bonchev–Trinajstić information content (AvgIpc) is 2.19. The van der Waals surface area contributed by atoms with E-state index < -0.39 is 6.04 Å². The second kappa shape index (κ2) is 5.13. The molecule has 0 spiro atoms. The maximum Gasteiger partial charge on any atom is 0.332 e. The Balaban J connectivity index is 2.75. The van der Waals surface area contributed by atoms with Gasteiger partial charge in [0, 0.05) is 6.42 Å². The summed E-state index contributed by atoms with van der Waals surface area (Å²) in [4.78, 5) is 10.6. The third kappa shape index (κ3) is 2.67. The molecule has 0 unspecified atom stereocenters. The summed E-state index contributed by atoms with van der Waals surface area (Å²) in [5.41, 5.74) is 0.792. The minimum Gasteiger partial charge on any atom is -0.255 e. The number of nitrogens with zero attached hydrogens (tertiary/aromatic N) is 1. The van der Waals surface area contributed by atoms with Crippen molar-refractivity contribution in [2.45, 2.75) is 19.3 Å². The number of carbonyl (C=O) groups is 1. The third-order valence-corrected chi connectivity index (χ3v) is 1.96. The summed E-state index contributed by atoms with van der Waals surface area (Å²) in [6.07, 6.45) is 1.65. The highest BCUT2D eigenvalue weighted by Gasteiger charge is 2.08. The van der Waals surface area contributed by atoms with E-state index in [1.54, 1.807) is 18.2 Å². The predicted octanol–water partition coefficient (Wildman–Crippen LogP) is 2.64. The third-order valence-electron chi connectivity index (χ3n) is 1.96. The Morgan fingerprint density at radius 3 is 2.79 bits per heavy atom. The van der Waals surface area contributed by atoms with Crippen LogP contribution in [0, 0.1) is 11.3 Å². The number of hydrogen-bond acceptors (Lipinski definition) is 2. The van der Waals surface area contributed by atoms with E-state index in [1.165, 1.54) is 6.07 Å². The van der Waals surface area contributed by atoms with Crippen LogP contribution in [0.4, 0.5) is 4.39 Å². The van der Waals surface area contributed by atoms with Crippen molar-refractivity contribution in [3.05, 3.63) is 35.4 Å². The quantitative estimate of drug-likeness (QED) is 0.542. The average molecular weight is 191 g/mol. The van der Waals surface area contributed by atoms with Crippen LogP contribution in [-0.4, -0.2) is 6.04 Å². The number of aryl methyl sites for hydroxylation is 1. The monoisotopic (exact) mass is 191 g/mol. The summed E-state index contributed by atoms with van der Waals surface area (Å²) in [6.45, 7) is 0. The molecule has 0 radical (unpaired) electrons. The van der Waals surface area contributed by atoms with E-state index in [9.17, 15) is 9.18 Å². The summed E-state index contributed by atoms with van der Waals surface area (Å²) in [7, 11) is 0. The van der Waals surface area contributed by atoms with E-state index in [4.69, 9.17) is 5.26 Å². The fraction of sp³-hybridized carbons (Fsp3) is 0.273. The van der Waals surface area contributed by atoms with E-state index in [2.05, 4.69) is 0 Å². The molecule has 0 aromatic heterocycles. The molecule has 0 atom stereocenters. The van der Waals surface area contributed by atoms with E-state index in [1.807, 2.05) is 6.07 Å². The maximum atomic E-state index is 12.5. The molecule has 2 nitrogen and oxygen atoms in total. The first kappa shape index (κ1) is 10.4. The molecule has 0 amide bonds. The lowest BCUT2D eigenvalue weighted by Gasteiger charge is -2.02. The normalized spacial score (nSPS) is 9.43. The van der Waals surface area contributed by atoms with Crippen LogP contribution in [0.15, 0.2) is 24.3 Å². The lowest BCUT2D eigenvalue weighted by Crippen LogP contribution is -1.97. The van der Waals surface area contributed by atoms with Gasteiger partial charge in [0.15, 0.2) is 0 Å². The molecule has 0 N–H and O–H groups in total. The molecule has 72 valence electrons. The lowest BCUT2D eigenvalue weighted by atomic mass is 10.0. The van der Waals surface area contributed by atoms with Crippen LogP contribution in [0.5, 0.6) is 0 Å². The molecule has 0 heterocycles. The van der Waals surface area contributed by atoms with Gasteiger partial charge in [0.1, 0.15) is 0 Å². The second-order valence-electron chi connectivity index (χ2n) is 2.94. The van der Waals surface area contributed by atoms with E-state index >= 15 is 0 Å². The number of hydrogen-bond donors (Lipinski definition) is 0. The van der Waals surface area contributed by atoms with Gasteiger partial charge in [-0.15, -0.1) is 0 Å². The first-order valence-electron chi connectivity index (χ1n) is 4.40. The molecule has 0 bridgehead atoms. The van der Waals surface area contributed by atoms with Crippen molar-refractivity contribution in [3.8, 4) is 6.07 Å². The summed E-state index contributed by atoms with van der Waals surface area (Å²) in [6, 6.07) is 7.16. The minimum atomic E-state index is -1.41. The molecule has 0 fully saturated rings. The first-order valence-corrected chi connectivity index (χ1v) is 4.40. The van der Waals surface area contributed by atoms with Crippen molar-refractivity contribution >= 4 is 6.04 Å². The van der Waals surface area contributed by atoms with Gasteiger partial charge in [-0.3, -0.25) is 4.79 Å². The van der Waals surface area contributed by atoms with Crippen molar-refractivity contribution in [3.63, 3.8) is 0 Å². The van der Waals surface area contributed by atoms with Gasteiger partial charge in [-0.05, 0) is 24.5 Å². The molecular formula is C11H10FNO. The molecule has 14 heavy (non-hydrogen) atoms. The Morgan fingerprint density at radius 2 is 2.14 bits per heavy atom. The van der Waals surface area contributed by atoms with E-state index in [-0.39, 0.29) is 5.56 Å². The second-order valence-corrected chi connectivity index (χ2v) is 2.94. The van der Waals surface area contributed by atoms with Gasteiger partial charge < -0.3 is 0 Å². The summed E-state index contributed by atoms with van der Waals surface area (Å²) >= 11 is 0. The Bertz CT molecular complexity index is 368. The van der Waals surface area contributed by atoms with Gasteiger partial charge in [-0.1, -0.05) is 18.2 Å². The fourth-order valence-electron chi connectivity index (χ4n) is 1.29. The Morgan fingerprint density at radius 1 is 1.43 bits per heavy atom. The van der Waals surface area contributed by atoms with Crippen LogP contribution in [-0.2, 0) is 6.42 Å². The highest BCUT2D eigenvalue weighted by molar-refractivity contribution is 5.90. The van der Waals surface area contributed by atoms with Gasteiger partial charge in [0.05, 0.1) is 11.6 Å². The van der Waals surface area contributed by atoms with E-state index in [0.717, 1.165) is 0 Å². The number of benzene rings is 1. The van der Waals surface area contributed by atoms with Crippen LogP contribution >= 0.6 is 0 Å². The fourth-order valence-corrected chi connectivity index (χ4v) is 1.29. The smallest absolute Gasteiger partial charge is 0.255 e. The summed E-state index contributed by atoms with van der Waals surface area (Å²) in [5.74, 6) is 0. The highest BCUT2D eigenvalue weighted by Crippen LogP contribution is 2.13. The molecule has 0 saturated heterocycles. The van der Waals surface area contributed by atoms with Crippen molar-refractivity contribution in [1.82, 2.24) is 0 Å². The van der Waals surface area contributed by atoms with Gasteiger partial charge in [-0.2, -0.15) is 9.65 Å². The first-order chi connectivity index (χ1) is 6.75. The standard InChI is InChI=1S/C11H10FNO/c12-11(14)10-7-2-1-5-9(10)6-3-4-8-13/h1-2,5,7H,3-4,6H2. The topological polar surface area (TPSA) is 40.9 Å². The Hall–Kier alpha value is -1.69. The lowest BCUT2D eigenvalue weighted by molar-refractivity contribution is 0.0835. The molecule has 3 heteroatoms. The predicted molar refractivity (Wildman–Crippen MR) is 50.4 cm³/mol. The largest absolute Gasteiger partial charge is 0.332 e. The van der Waals surface area contributed by atoms with Crippen LogP contribution in [0.1, 0.15) is 28.8 Å². The van der Waals surface area contributed by atoms with Crippen LogP contribution in [0.2, 0.25) is 0 Å². The highest BCUT2D eigenvalue weighted by atomic mass is 19.1. The number of carbonyl (C=O) groups excluding carboxylic acids is 1. The van der Waals surface area contributed by atoms with Gasteiger partial charge in [-0.25, -0.2) is 0 Å². The molecule has 0 saturated carbocycles. The molecule has 0 aliphatic heterocycles. The SMILES string of the molecule is N#CCCCc1ccccc1C(=O)F. The Kier molecular flexibility index (Phi) is 3.81. The molecule has 0 aliphatic rings. The van der Waals surface area contributed by atoms with E-state index in [0.29, 0.717) is 24.8 Å². The number of nitriles is 1. The van der Waals surface area contributed by atoms with Gasteiger partial charge in [0.25, 0.3) is 0 Å². The molecule has 1 rings (SSSR count). The molecule has 1 aromatic carbocycles. The minimum absolute atomic E-state index is 0.116. The van der Waals surface area contributed by atoms with Crippen LogP contribution < -0.4 is 0 Å². The summed E-state index contributed by atoms with van der Waals surface area (Å²) in [5, 5.41) is 8.33. The summed E-state index contributed by atoms with van der Waals surface area (Å²) < 4.78 is 12.5. The number of halogens is 1. The van der Waals surface area contributed by atoms with Crippen molar-refractivity contribution in [2.24, 2.45) is 0 Å². The van der Waals surface area contributed by atoms with Crippen molar-refractivity contribution in [2.75, 3.05) is 0 Å². The molecular weight excluding hydrogens is 181 g/mol. The zero-order chi connectivity index (χ0) is 10.4. The van der Waals surface area contributed by atoms with Gasteiger partial charge >= 0.3 is 6.04 Å².